The first kappa shape index (κ1) is 19.0. The van der Waals surface area contributed by atoms with Gasteiger partial charge >= 0.3 is 0 Å². The summed E-state index contributed by atoms with van der Waals surface area (Å²) >= 11 is 0. The van der Waals surface area contributed by atoms with Gasteiger partial charge in [-0.2, -0.15) is 0 Å². The van der Waals surface area contributed by atoms with Crippen molar-refractivity contribution >= 4 is 34.0 Å². The second kappa shape index (κ2) is 8.75. The van der Waals surface area contributed by atoms with E-state index in [2.05, 4.69) is 16.7 Å². The molecule has 0 aliphatic carbocycles. The van der Waals surface area contributed by atoms with E-state index in [1.807, 2.05) is 36.4 Å². The zero-order valence-corrected chi connectivity index (χ0v) is 16.1. The molecule has 1 saturated heterocycles. The molecule has 1 aliphatic heterocycles. The molecule has 2 N–H and O–H groups in total. The van der Waals surface area contributed by atoms with Crippen LogP contribution in [-0.4, -0.2) is 49.6 Å². The number of benzene rings is 3. The number of fused-ring (bicyclic) bond motifs is 1. The van der Waals surface area contributed by atoms with Crippen LogP contribution < -0.4 is 10.6 Å². The lowest BCUT2D eigenvalue weighted by Gasteiger charge is -2.27. The van der Waals surface area contributed by atoms with Crippen LogP contribution in [0, 0.1) is 0 Å². The summed E-state index contributed by atoms with van der Waals surface area (Å²) in [5.41, 5.74) is 2.05. The smallest absolute Gasteiger partial charge is 0.254 e. The molecule has 1 heterocycles. The van der Waals surface area contributed by atoms with Gasteiger partial charge in [-0.05, 0) is 41.1 Å². The van der Waals surface area contributed by atoms with Gasteiger partial charge in [-0.15, -0.1) is 0 Å². The Morgan fingerprint density at radius 2 is 1.66 bits per heavy atom. The number of rotatable bonds is 5. The van der Waals surface area contributed by atoms with Gasteiger partial charge in [-0.25, -0.2) is 0 Å². The van der Waals surface area contributed by atoms with Crippen molar-refractivity contribution in [2.75, 3.05) is 43.5 Å². The summed E-state index contributed by atoms with van der Waals surface area (Å²) in [7, 11) is 0. The molecule has 0 aromatic heterocycles. The summed E-state index contributed by atoms with van der Waals surface area (Å²) in [5.74, 6) is -0.215. The summed E-state index contributed by atoms with van der Waals surface area (Å²) in [6.07, 6.45) is 0. The lowest BCUT2D eigenvalue weighted by Crippen LogP contribution is -2.40. The van der Waals surface area contributed by atoms with Gasteiger partial charge < -0.3 is 20.3 Å². The van der Waals surface area contributed by atoms with Gasteiger partial charge in [0.1, 0.15) is 0 Å². The quantitative estimate of drug-likeness (QED) is 0.702. The number of nitrogens with one attached hydrogen (secondary N) is 2. The predicted molar refractivity (Wildman–Crippen MR) is 114 cm³/mol. The third-order valence-electron chi connectivity index (χ3n) is 4.89. The molecule has 0 spiro atoms. The van der Waals surface area contributed by atoms with Crippen molar-refractivity contribution in [3.8, 4) is 0 Å². The van der Waals surface area contributed by atoms with E-state index in [4.69, 9.17) is 4.74 Å². The van der Waals surface area contributed by atoms with E-state index in [1.165, 1.54) is 0 Å². The van der Waals surface area contributed by atoms with Crippen molar-refractivity contribution in [1.29, 1.82) is 0 Å². The Balaban J connectivity index is 1.36. The number of ether oxygens (including phenoxy) is 1. The maximum atomic E-state index is 12.6. The van der Waals surface area contributed by atoms with Gasteiger partial charge in [0.2, 0.25) is 5.91 Å². The molecular weight excluding hydrogens is 366 g/mol. The molecule has 0 atom stereocenters. The number of hydrogen-bond donors (Lipinski definition) is 2. The normalized spacial score (nSPS) is 13.9. The van der Waals surface area contributed by atoms with Crippen LogP contribution in [0.15, 0.2) is 66.7 Å². The minimum absolute atomic E-state index is 0.0429. The van der Waals surface area contributed by atoms with E-state index in [1.54, 1.807) is 29.2 Å². The third-order valence-corrected chi connectivity index (χ3v) is 4.89. The van der Waals surface area contributed by atoms with Crippen LogP contribution in [0.3, 0.4) is 0 Å². The van der Waals surface area contributed by atoms with E-state index in [0.717, 1.165) is 16.5 Å². The Morgan fingerprint density at radius 3 is 2.48 bits per heavy atom. The third kappa shape index (κ3) is 4.73. The zero-order chi connectivity index (χ0) is 20.1. The molecule has 6 nitrogen and oxygen atoms in total. The molecule has 1 aliphatic rings. The van der Waals surface area contributed by atoms with Gasteiger partial charge in [0.25, 0.3) is 5.91 Å². The minimum atomic E-state index is -0.172. The number of hydrogen-bond acceptors (Lipinski definition) is 4. The molecule has 3 aromatic rings. The van der Waals surface area contributed by atoms with Crippen LogP contribution in [-0.2, 0) is 9.53 Å². The summed E-state index contributed by atoms with van der Waals surface area (Å²) in [6.45, 7) is 2.43. The zero-order valence-electron chi connectivity index (χ0n) is 16.1. The summed E-state index contributed by atoms with van der Waals surface area (Å²) in [4.78, 5) is 26.7. The Kier molecular flexibility index (Phi) is 5.72. The Bertz CT molecular complexity index is 1030. The van der Waals surface area contributed by atoms with E-state index >= 15 is 0 Å². The number of amides is 2. The average molecular weight is 389 g/mol. The molecule has 4 rings (SSSR count). The molecule has 6 heteroatoms. The maximum Gasteiger partial charge on any atom is 0.254 e. The SMILES string of the molecule is O=C(CNc1ccc2ccccc2c1)Nc1cccc(C(=O)N2CCOCC2)c1. The van der Waals surface area contributed by atoms with Crippen LogP contribution >= 0.6 is 0 Å². The van der Waals surface area contributed by atoms with Crippen LogP contribution in [0.25, 0.3) is 10.8 Å². The molecule has 0 saturated carbocycles. The summed E-state index contributed by atoms with van der Waals surface area (Å²) < 4.78 is 5.29. The highest BCUT2D eigenvalue weighted by molar-refractivity contribution is 5.98. The topological polar surface area (TPSA) is 70.7 Å². The second-order valence-corrected chi connectivity index (χ2v) is 6.95. The van der Waals surface area contributed by atoms with Crippen molar-refractivity contribution in [2.24, 2.45) is 0 Å². The van der Waals surface area contributed by atoms with E-state index in [9.17, 15) is 9.59 Å². The summed E-state index contributed by atoms with van der Waals surface area (Å²) in [6, 6.07) is 21.1. The van der Waals surface area contributed by atoms with Crippen LogP contribution in [0.5, 0.6) is 0 Å². The molecule has 2 amide bonds. The van der Waals surface area contributed by atoms with Gasteiger partial charge in [0.05, 0.1) is 19.8 Å². The number of nitrogens with zero attached hydrogens (tertiary/aromatic N) is 1. The standard InChI is InChI=1S/C23H23N3O3/c27-22(16-24-20-9-8-17-4-1-2-5-18(17)14-20)25-21-7-3-6-19(15-21)23(28)26-10-12-29-13-11-26/h1-9,14-15,24H,10-13,16H2,(H,25,27). The molecule has 0 radical (unpaired) electrons. The van der Waals surface area contributed by atoms with Crippen LogP contribution in [0.1, 0.15) is 10.4 Å². The average Bonchev–Trinajstić information content (AvgIpc) is 2.78. The van der Waals surface area contributed by atoms with Gasteiger partial charge in [0, 0.05) is 30.0 Å². The van der Waals surface area contributed by atoms with Gasteiger partial charge in [-0.3, -0.25) is 9.59 Å². The van der Waals surface area contributed by atoms with Crippen LogP contribution in [0.2, 0.25) is 0 Å². The highest BCUT2D eigenvalue weighted by Gasteiger charge is 2.18. The Morgan fingerprint density at radius 1 is 0.862 bits per heavy atom. The molecule has 148 valence electrons. The van der Waals surface area contributed by atoms with Gasteiger partial charge in [-0.1, -0.05) is 36.4 Å². The fourth-order valence-corrected chi connectivity index (χ4v) is 3.37. The number of carbonyl (C=O) groups is 2. The monoisotopic (exact) mass is 389 g/mol. The van der Waals surface area contributed by atoms with Crippen molar-refractivity contribution in [3.05, 3.63) is 72.3 Å². The fourth-order valence-electron chi connectivity index (χ4n) is 3.37. The van der Waals surface area contributed by atoms with Gasteiger partial charge in [0.15, 0.2) is 0 Å². The molecule has 3 aromatic carbocycles. The molecule has 0 bridgehead atoms. The fraction of sp³-hybridized carbons (Fsp3) is 0.217. The predicted octanol–water partition coefficient (Wildman–Crippen LogP) is 3.36. The van der Waals surface area contributed by atoms with E-state index in [0.29, 0.717) is 37.6 Å². The Hall–Kier alpha value is -3.38. The maximum absolute atomic E-state index is 12.6. The minimum Gasteiger partial charge on any atom is -0.378 e. The van der Waals surface area contributed by atoms with Crippen LogP contribution in [0.4, 0.5) is 11.4 Å². The van der Waals surface area contributed by atoms with E-state index in [-0.39, 0.29) is 18.4 Å². The van der Waals surface area contributed by atoms with Crippen molar-refractivity contribution in [1.82, 2.24) is 4.90 Å². The number of morpholine rings is 1. The first-order valence-electron chi connectivity index (χ1n) is 9.69. The first-order valence-corrected chi connectivity index (χ1v) is 9.69. The second-order valence-electron chi connectivity index (χ2n) is 6.95. The highest BCUT2D eigenvalue weighted by atomic mass is 16.5. The first-order chi connectivity index (χ1) is 14.2. The highest BCUT2D eigenvalue weighted by Crippen LogP contribution is 2.19. The lowest BCUT2D eigenvalue weighted by atomic mass is 10.1. The summed E-state index contributed by atoms with van der Waals surface area (Å²) in [5, 5.41) is 8.27. The van der Waals surface area contributed by atoms with Crippen molar-refractivity contribution in [2.45, 2.75) is 0 Å². The molecular formula is C23H23N3O3. The molecule has 0 unspecified atom stereocenters. The van der Waals surface area contributed by atoms with Crippen molar-refractivity contribution < 1.29 is 14.3 Å². The van der Waals surface area contributed by atoms with E-state index < -0.39 is 0 Å². The molecule has 1 fully saturated rings. The van der Waals surface area contributed by atoms with Crippen molar-refractivity contribution in [3.63, 3.8) is 0 Å². The lowest BCUT2D eigenvalue weighted by molar-refractivity contribution is -0.114. The number of carbonyl (C=O) groups excluding carboxylic acids is 2. The largest absolute Gasteiger partial charge is 0.378 e. The Labute approximate surface area is 169 Å². The number of anilines is 2. The molecule has 29 heavy (non-hydrogen) atoms.